The summed E-state index contributed by atoms with van der Waals surface area (Å²) >= 11 is 3.29. The van der Waals surface area contributed by atoms with E-state index in [1.165, 1.54) is 0 Å². The molecule has 0 aromatic carbocycles. The monoisotopic (exact) mass is 322 g/mol. The van der Waals surface area contributed by atoms with Crippen molar-refractivity contribution in [3.8, 4) is 0 Å². The molecule has 1 N–H and O–H groups in total. The molecule has 1 amide bonds. The second-order valence-electron chi connectivity index (χ2n) is 4.22. The fraction of sp³-hybridized carbons (Fsp3) is 0.308. The standard InChI is InChI=1S/C13H15BrN4O/c1-4-9-7-11(18(3)17-9)13(19)16-10-5-6-12(14)15-8(10)2/h5-7H,4H2,1-3H3,(H,16,19). The van der Waals surface area contributed by atoms with Crippen LogP contribution < -0.4 is 5.32 Å². The molecule has 2 aromatic rings. The topological polar surface area (TPSA) is 59.8 Å². The first-order valence-corrected chi connectivity index (χ1v) is 6.78. The zero-order chi connectivity index (χ0) is 14.0. The van der Waals surface area contributed by atoms with Crippen LogP contribution in [0.5, 0.6) is 0 Å². The Morgan fingerprint density at radius 1 is 1.47 bits per heavy atom. The largest absolute Gasteiger partial charge is 0.319 e. The minimum absolute atomic E-state index is 0.179. The summed E-state index contributed by atoms with van der Waals surface area (Å²) < 4.78 is 2.34. The average Bonchev–Trinajstić information content (AvgIpc) is 2.74. The summed E-state index contributed by atoms with van der Waals surface area (Å²) in [6.45, 7) is 3.86. The maximum absolute atomic E-state index is 12.2. The lowest BCUT2D eigenvalue weighted by atomic mass is 10.2. The summed E-state index contributed by atoms with van der Waals surface area (Å²) in [5.41, 5.74) is 2.91. The van der Waals surface area contributed by atoms with Crippen LogP contribution in [-0.4, -0.2) is 20.7 Å². The van der Waals surface area contributed by atoms with Crippen molar-refractivity contribution in [3.05, 3.63) is 39.9 Å². The molecule has 0 radical (unpaired) electrons. The zero-order valence-corrected chi connectivity index (χ0v) is 12.7. The third-order valence-electron chi connectivity index (χ3n) is 2.83. The lowest BCUT2D eigenvalue weighted by molar-refractivity contribution is 0.101. The van der Waals surface area contributed by atoms with Crippen molar-refractivity contribution in [1.29, 1.82) is 0 Å². The first-order valence-electron chi connectivity index (χ1n) is 5.98. The molecular weight excluding hydrogens is 308 g/mol. The summed E-state index contributed by atoms with van der Waals surface area (Å²) in [6.07, 6.45) is 0.806. The number of nitrogens with one attached hydrogen (secondary N) is 1. The Bertz CT molecular complexity index is 621. The number of amides is 1. The number of anilines is 1. The maximum atomic E-state index is 12.2. The molecule has 0 atom stereocenters. The first kappa shape index (κ1) is 13.7. The highest BCUT2D eigenvalue weighted by Crippen LogP contribution is 2.17. The van der Waals surface area contributed by atoms with Gasteiger partial charge in [-0.15, -0.1) is 0 Å². The van der Waals surface area contributed by atoms with Gasteiger partial charge in [-0.25, -0.2) is 4.98 Å². The predicted octanol–water partition coefficient (Wildman–Crippen LogP) is 2.70. The molecular formula is C13H15BrN4O. The van der Waals surface area contributed by atoms with Gasteiger partial charge in [0.2, 0.25) is 0 Å². The van der Waals surface area contributed by atoms with E-state index < -0.39 is 0 Å². The molecule has 0 saturated carbocycles. The molecule has 5 nitrogen and oxygen atoms in total. The Labute approximate surface area is 120 Å². The van der Waals surface area contributed by atoms with Crippen LogP contribution in [0.25, 0.3) is 0 Å². The van der Waals surface area contributed by atoms with Crippen molar-refractivity contribution in [2.24, 2.45) is 7.05 Å². The summed E-state index contributed by atoms with van der Waals surface area (Å²) in [4.78, 5) is 16.4. The van der Waals surface area contributed by atoms with Gasteiger partial charge in [0.1, 0.15) is 10.3 Å². The van der Waals surface area contributed by atoms with Gasteiger partial charge in [0.05, 0.1) is 17.1 Å². The Morgan fingerprint density at radius 3 is 2.79 bits per heavy atom. The van der Waals surface area contributed by atoms with Gasteiger partial charge in [0.15, 0.2) is 0 Å². The lowest BCUT2D eigenvalue weighted by Crippen LogP contribution is -2.17. The molecule has 0 aliphatic carbocycles. The normalized spacial score (nSPS) is 10.5. The van der Waals surface area contributed by atoms with Crippen LogP contribution in [-0.2, 0) is 13.5 Å². The van der Waals surface area contributed by atoms with Crippen LogP contribution >= 0.6 is 15.9 Å². The molecule has 0 aliphatic heterocycles. The Balaban J connectivity index is 2.23. The lowest BCUT2D eigenvalue weighted by Gasteiger charge is -2.07. The van der Waals surface area contributed by atoms with Crippen molar-refractivity contribution in [3.63, 3.8) is 0 Å². The predicted molar refractivity (Wildman–Crippen MR) is 77.2 cm³/mol. The van der Waals surface area contributed by atoms with Crippen LogP contribution in [0.1, 0.15) is 28.8 Å². The Morgan fingerprint density at radius 2 is 2.21 bits per heavy atom. The fourth-order valence-electron chi connectivity index (χ4n) is 1.76. The first-order chi connectivity index (χ1) is 9.01. The molecule has 2 heterocycles. The van der Waals surface area contributed by atoms with Crippen molar-refractivity contribution >= 4 is 27.5 Å². The van der Waals surface area contributed by atoms with E-state index in [1.54, 1.807) is 23.9 Å². The number of carbonyl (C=O) groups excluding carboxylic acids is 1. The summed E-state index contributed by atoms with van der Waals surface area (Å²) in [5.74, 6) is -0.179. The van der Waals surface area contributed by atoms with E-state index in [2.05, 4.69) is 31.3 Å². The highest BCUT2D eigenvalue weighted by molar-refractivity contribution is 9.10. The van der Waals surface area contributed by atoms with Crippen LogP contribution in [0.15, 0.2) is 22.8 Å². The van der Waals surface area contributed by atoms with Gasteiger partial charge in [-0.2, -0.15) is 5.10 Å². The number of hydrogen-bond donors (Lipinski definition) is 1. The summed E-state index contributed by atoms with van der Waals surface area (Å²) in [5, 5.41) is 7.11. The highest BCUT2D eigenvalue weighted by atomic mass is 79.9. The van der Waals surface area contributed by atoms with Gasteiger partial charge >= 0.3 is 0 Å². The highest BCUT2D eigenvalue weighted by Gasteiger charge is 2.14. The van der Waals surface area contributed by atoms with Gasteiger partial charge in [-0.05, 0) is 47.5 Å². The summed E-state index contributed by atoms with van der Waals surface area (Å²) in [7, 11) is 1.76. The van der Waals surface area contributed by atoms with Crippen molar-refractivity contribution < 1.29 is 4.79 Å². The third kappa shape index (κ3) is 3.01. The van der Waals surface area contributed by atoms with E-state index in [1.807, 2.05) is 19.9 Å². The Hall–Kier alpha value is -1.69. The maximum Gasteiger partial charge on any atom is 0.273 e. The molecule has 19 heavy (non-hydrogen) atoms. The van der Waals surface area contributed by atoms with E-state index in [4.69, 9.17) is 0 Å². The van der Waals surface area contributed by atoms with Crippen LogP contribution in [0, 0.1) is 6.92 Å². The molecule has 2 aromatic heterocycles. The number of hydrogen-bond acceptors (Lipinski definition) is 3. The van der Waals surface area contributed by atoms with Crippen molar-refractivity contribution in [2.45, 2.75) is 20.3 Å². The molecule has 100 valence electrons. The van der Waals surface area contributed by atoms with E-state index >= 15 is 0 Å². The van der Waals surface area contributed by atoms with E-state index in [-0.39, 0.29) is 5.91 Å². The van der Waals surface area contributed by atoms with E-state index in [0.717, 1.165) is 22.4 Å². The smallest absolute Gasteiger partial charge is 0.273 e. The quantitative estimate of drug-likeness (QED) is 0.884. The molecule has 0 fully saturated rings. The van der Waals surface area contributed by atoms with Gasteiger partial charge in [-0.3, -0.25) is 9.48 Å². The minimum Gasteiger partial charge on any atom is -0.319 e. The minimum atomic E-state index is -0.179. The number of aryl methyl sites for hydroxylation is 3. The summed E-state index contributed by atoms with van der Waals surface area (Å²) in [6, 6.07) is 5.42. The molecule has 0 unspecified atom stereocenters. The second kappa shape index (κ2) is 5.52. The van der Waals surface area contributed by atoms with E-state index in [9.17, 15) is 4.79 Å². The number of pyridine rings is 1. The molecule has 0 aliphatic rings. The van der Waals surface area contributed by atoms with Gasteiger partial charge in [0.25, 0.3) is 5.91 Å². The number of carbonyl (C=O) groups is 1. The number of halogens is 1. The van der Waals surface area contributed by atoms with Crippen molar-refractivity contribution in [1.82, 2.24) is 14.8 Å². The molecule has 6 heteroatoms. The number of rotatable bonds is 3. The van der Waals surface area contributed by atoms with Crippen LogP contribution in [0.2, 0.25) is 0 Å². The van der Waals surface area contributed by atoms with Crippen LogP contribution in [0.3, 0.4) is 0 Å². The Kier molecular flexibility index (Phi) is 3.99. The fourth-order valence-corrected chi connectivity index (χ4v) is 2.16. The molecule has 0 bridgehead atoms. The molecule has 0 spiro atoms. The van der Waals surface area contributed by atoms with Crippen LogP contribution in [0.4, 0.5) is 5.69 Å². The zero-order valence-electron chi connectivity index (χ0n) is 11.1. The van der Waals surface area contributed by atoms with Gasteiger partial charge < -0.3 is 5.32 Å². The average molecular weight is 323 g/mol. The molecule has 2 rings (SSSR count). The molecule has 0 saturated heterocycles. The second-order valence-corrected chi connectivity index (χ2v) is 5.03. The number of nitrogens with zero attached hydrogens (tertiary/aromatic N) is 3. The van der Waals surface area contributed by atoms with E-state index in [0.29, 0.717) is 11.4 Å². The third-order valence-corrected chi connectivity index (χ3v) is 3.27. The van der Waals surface area contributed by atoms with Gasteiger partial charge in [-0.1, -0.05) is 6.92 Å². The number of aromatic nitrogens is 3. The SMILES string of the molecule is CCc1cc(C(=O)Nc2ccc(Br)nc2C)n(C)n1. The van der Waals surface area contributed by atoms with Crippen molar-refractivity contribution in [2.75, 3.05) is 5.32 Å². The van der Waals surface area contributed by atoms with Gasteiger partial charge in [0, 0.05) is 7.05 Å².